The summed E-state index contributed by atoms with van der Waals surface area (Å²) < 4.78 is 19.0. The molecule has 1 aliphatic heterocycles. The van der Waals surface area contributed by atoms with Crippen LogP contribution in [-0.4, -0.2) is 27.5 Å². The molecule has 5 nitrogen and oxygen atoms in total. The maximum absolute atomic E-state index is 13.1. The van der Waals surface area contributed by atoms with E-state index in [-0.39, 0.29) is 11.7 Å². The number of rotatable bonds is 5. The number of halogens is 1. The fourth-order valence-electron chi connectivity index (χ4n) is 3.15. The molecular weight excluding hydrogens is 333 g/mol. The molecule has 0 fully saturated rings. The Morgan fingerprint density at radius 2 is 2.04 bits per heavy atom. The lowest BCUT2D eigenvalue weighted by atomic mass is 10.1. The molecule has 3 aromatic rings. The third-order valence-corrected chi connectivity index (χ3v) is 4.58. The molecule has 2 heterocycles. The summed E-state index contributed by atoms with van der Waals surface area (Å²) in [5.41, 5.74) is 4.26. The van der Waals surface area contributed by atoms with Gasteiger partial charge in [-0.3, -0.25) is 9.89 Å². The van der Waals surface area contributed by atoms with Crippen molar-refractivity contribution in [1.82, 2.24) is 15.1 Å². The molecule has 1 aromatic heterocycles. The van der Waals surface area contributed by atoms with Gasteiger partial charge in [-0.1, -0.05) is 0 Å². The summed E-state index contributed by atoms with van der Waals surface area (Å²) in [5.74, 6) is 0.503. The summed E-state index contributed by atoms with van der Waals surface area (Å²) in [5, 5.41) is 7.01. The molecule has 0 radical (unpaired) electrons. The van der Waals surface area contributed by atoms with Crippen molar-refractivity contribution >= 4 is 5.91 Å². The summed E-state index contributed by atoms with van der Waals surface area (Å²) in [6, 6.07) is 11.8. The quantitative estimate of drug-likeness (QED) is 0.761. The molecule has 1 amide bonds. The molecule has 2 aromatic carbocycles. The van der Waals surface area contributed by atoms with Gasteiger partial charge in [0.25, 0.3) is 5.91 Å². The van der Waals surface area contributed by atoms with Crippen molar-refractivity contribution < 1.29 is 13.9 Å². The zero-order valence-electron chi connectivity index (χ0n) is 14.3. The van der Waals surface area contributed by atoms with Crippen LogP contribution in [0.2, 0.25) is 0 Å². The Morgan fingerprint density at radius 1 is 1.23 bits per heavy atom. The number of aromatic amines is 1. The van der Waals surface area contributed by atoms with Gasteiger partial charge in [0.05, 0.1) is 11.9 Å². The first-order chi connectivity index (χ1) is 12.7. The molecule has 26 heavy (non-hydrogen) atoms. The van der Waals surface area contributed by atoms with Gasteiger partial charge in [0.2, 0.25) is 0 Å². The molecule has 6 heteroatoms. The second-order valence-corrected chi connectivity index (χ2v) is 6.20. The molecule has 0 saturated carbocycles. The first kappa shape index (κ1) is 16.3. The first-order valence-corrected chi connectivity index (χ1v) is 8.49. The molecule has 4 rings (SSSR count). The van der Waals surface area contributed by atoms with E-state index in [0.29, 0.717) is 25.4 Å². The average molecular weight is 351 g/mol. The van der Waals surface area contributed by atoms with Crippen LogP contribution in [0.4, 0.5) is 4.39 Å². The fourth-order valence-corrected chi connectivity index (χ4v) is 3.15. The number of aromatic nitrogens is 2. The molecule has 0 saturated heterocycles. The normalized spacial score (nSPS) is 13.2. The van der Waals surface area contributed by atoms with Crippen LogP contribution in [0.15, 0.2) is 48.7 Å². The van der Waals surface area contributed by atoms with Crippen molar-refractivity contribution in [3.63, 3.8) is 0 Å². The van der Waals surface area contributed by atoms with Crippen molar-refractivity contribution in [2.45, 2.75) is 20.1 Å². The summed E-state index contributed by atoms with van der Waals surface area (Å²) >= 11 is 0. The van der Waals surface area contributed by atoms with E-state index < -0.39 is 0 Å². The highest BCUT2D eigenvalue weighted by Crippen LogP contribution is 2.28. The summed E-state index contributed by atoms with van der Waals surface area (Å²) in [7, 11) is 0. The van der Waals surface area contributed by atoms with Crippen LogP contribution in [0.25, 0.3) is 11.3 Å². The van der Waals surface area contributed by atoms with Gasteiger partial charge < -0.3 is 9.64 Å². The van der Waals surface area contributed by atoms with Gasteiger partial charge >= 0.3 is 0 Å². The van der Waals surface area contributed by atoms with Gasteiger partial charge in [0, 0.05) is 29.8 Å². The number of fused-ring (bicyclic) bond motifs is 1. The predicted octanol–water partition coefficient (Wildman–Crippen LogP) is 3.77. The predicted molar refractivity (Wildman–Crippen MR) is 95.2 cm³/mol. The molecular formula is C20H18FN3O2. The second kappa shape index (κ2) is 6.63. The number of H-pyrrole nitrogens is 1. The molecule has 0 spiro atoms. The number of carbonyl (C=O) groups is 1. The highest BCUT2D eigenvalue weighted by molar-refractivity contribution is 5.98. The van der Waals surface area contributed by atoms with Crippen LogP contribution in [0, 0.1) is 5.82 Å². The van der Waals surface area contributed by atoms with Crippen LogP contribution in [0.1, 0.15) is 28.4 Å². The molecule has 132 valence electrons. The summed E-state index contributed by atoms with van der Waals surface area (Å²) in [6.07, 6.45) is 1.70. The highest BCUT2D eigenvalue weighted by Gasteiger charge is 2.26. The molecule has 1 aliphatic rings. The van der Waals surface area contributed by atoms with Crippen molar-refractivity contribution in [3.05, 3.63) is 71.2 Å². The van der Waals surface area contributed by atoms with Gasteiger partial charge in [-0.25, -0.2) is 4.39 Å². The monoisotopic (exact) mass is 351 g/mol. The number of nitrogens with one attached hydrogen (secondary N) is 1. The van der Waals surface area contributed by atoms with Crippen molar-refractivity contribution in [1.29, 1.82) is 0 Å². The molecule has 0 atom stereocenters. The Hall–Kier alpha value is -3.15. The Balaban J connectivity index is 1.50. The van der Waals surface area contributed by atoms with Gasteiger partial charge in [0.1, 0.15) is 18.2 Å². The van der Waals surface area contributed by atoms with Gasteiger partial charge in [-0.05, 0) is 55.0 Å². The van der Waals surface area contributed by atoms with Crippen LogP contribution in [0.3, 0.4) is 0 Å². The van der Waals surface area contributed by atoms with E-state index in [1.807, 2.05) is 25.1 Å². The minimum absolute atomic E-state index is 0.0717. The van der Waals surface area contributed by atoms with E-state index in [2.05, 4.69) is 10.2 Å². The largest absolute Gasteiger partial charge is 0.489 e. The number of ether oxygens (including phenoxy) is 1. The maximum atomic E-state index is 13.1. The number of hydrogen-bond donors (Lipinski definition) is 1. The van der Waals surface area contributed by atoms with E-state index in [1.54, 1.807) is 23.2 Å². The van der Waals surface area contributed by atoms with Crippen LogP contribution >= 0.6 is 0 Å². The molecule has 0 unspecified atom stereocenters. The van der Waals surface area contributed by atoms with Gasteiger partial charge in [-0.2, -0.15) is 5.10 Å². The Labute approximate surface area is 150 Å². The molecule has 0 bridgehead atoms. The Bertz CT molecular complexity index is 950. The third kappa shape index (κ3) is 2.94. The summed E-state index contributed by atoms with van der Waals surface area (Å²) in [6.45, 7) is 3.61. The SMILES string of the molecule is CCN1Cc2cc(OCc3cn[nH]c3-c3ccc(F)cc3)ccc2C1=O. The smallest absolute Gasteiger partial charge is 0.254 e. The highest BCUT2D eigenvalue weighted by atomic mass is 19.1. The van der Waals surface area contributed by atoms with Crippen molar-refractivity contribution in [3.8, 4) is 17.0 Å². The van der Waals surface area contributed by atoms with Gasteiger partial charge in [0.15, 0.2) is 0 Å². The topological polar surface area (TPSA) is 58.2 Å². The first-order valence-electron chi connectivity index (χ1n) is 8.49. The molecule has 0 aliphatic carbocycles. The standard InChI is InChI=1S/C20H18FN3O2/c1-2-24-11-14-9-17(7-8-18(14)20(24)25)26-12-15-10-22-23-19(15)13-3-5-16(21)6-4-13/h3-10H,2,11-12H2,1H3,(H,22,23). The lowest BCUT2D eigenvalue weighted by Crippen LogP contribution is -2.22. The zero-order valence-corrected chi connectivity index (χ0v) is 14.3. The minimum Gasteiger partial charge on any atom is -0.489 e. The number of benzene rings is 2. The van der Waals surface area contributed by atoms with Gasteiger partial charge in [-0.15, -0.1) is 0 Å². The van der Waals surface area contributed by atoms with E-state index in [1.165, 1.54) is 12.1 Å². The van der Waals surface area contributed by atoms with Crippen molar-refractivity contribution in [2.75, 3.05) is 6.54 Å². The second-order valence-electron chi connectivity index (χ2n) is 6.20. The number of amides is 1. The third-order valence-electron chi connectivity index (χ3n) is 4.58. The fraction of sp³-hybridized carbons (Fsp3) is 0.200. The van der Waals surface area contributed by atoms with Crippen molar-refractivity contribution in [2.24, 2.45) is 0 Å². The van der Waals surface area contributed by atoms with E-state index in [9.17, 15) is 9.18 Å². The van der Waals surface area contributed by atoms with Crippen LogP contribution in [0.5, 0.6) is 5.75 Å². The minimum atomic E-state index is -0.278. The lowest BCUT2D eigenvalue weighted by Gasteiger charge is -2.10. The number of nitrogens with zero attached hydrogens (tertiary/aromatic N) is 2. The van der Waals surface area contributed by atoms with Crippen LogP contribution < -0.4 is 4.74 Å². The number of hydrogen-bond acceptors (Lipinski definition) is 3. The van der Waals surface area contributed by atoms with E-state index >= 15 is 0 Å². The lowest BCUT2D eigenvalue weighted by molar-refractivity contribution is 0.0787. The summed E-state index contributed by atoms with van der Waals surface area (Å²) in [4.78, 5) is 14.0. The Morgan fingerprint density at radius 3 is 2.81 bits per heavy atom. The average Bonchev–Trinajstić information content (AvgIpc) is 3.25. The Kier molecular flexibility index (Phi) is 4.16. The van der Waals surface area contributed by atoms with E-state index in [0.717, 1.165) is 27.9 Å². The maximum Gasteiger partial charge on any atom is 0.254 e. The molecule has 1 N–H and O–H groups in total. The number of carbonyl (C=O) groups excluding carboxylic acids is 1. The zero-order chi connectivity index (χ0) is 18.1. The van der Waals surface area contributed by atoms with Crippen LogP contribution in [-0.2, 0) is 13.2 Å². The van der Waals surface area contributed by atoms with E-state index in [4.69, 9.17) is 4.74 Å².